The molecule has 2 N–H and O–H groups in total. The molecule has 0 saturated heterocycles. The standard InChI is InChI=1S/C18H20ClFN2O/c1-12(2)17(22-14-6-4-3-5-7-14)11-21-18(23)15-9-8-13(20)10-16(15)19/h3-10,12,17,22H,11H2,1-2H3,(H,21,23). The predicted octanol–water partition coefficient (Wildman–Crippen LogP) is 4.35. The van der Waals surface area contributed by atoms with E-state index in [2.05, 4.69) is 24.5 Å². The topological polar surface area (TPSA) is 41.1 Å². The van der Waals surface area contributed by atoms with Gasteiger partial charge in [-0.15, -0.1) is 0 Å². The minimum absolute atomic E-state index is 0.0700. The number of carbonyl (C=O) groups excluding carboxylic acids is 1. The van der Waals surface area contributed by atoms with Gasteiger partial charge < -0.3 is 10.6 Å². The molecule has 1 atom stereocenters. The molecular formula is C18H20ClFN2O. The monoisotopic (exact) mass is 334 g/mol. The average Bonchev–Trinajstić information content (AvgIpc) is 2.51. The van der Waals surface area contributed by atoms with E-state index in [1.807, 2.05) is 30.3 Å². The van der Waals surface area contributed by atoms with Crippen molar-refractivity contribution < 1.29 is 9.18 Å². The molecule has 2 aromatic rings. The summed E-state index contributed by atoms with van der Waals surface area (Å²) in [5.41, 5.74) is 1.27. The highest BCUT2D eigenvalue weighted by atomic mass is 35.5. The van der Waals surface area contributed by atoms with E-state index in [1.165, 1.54) is 12.1 Å². The van der Waals surface area contributed by atoms with Gasteiger partial charge in [0.15, 0.2) is 0 Å². The molecule has 0 radical (unpaired) electrons. The summed E-state index contributed by atoms with van der Waals surface area (Å²) in [5.74, 6) is -0.452. The van der Waals surface area contributed by atoms with Crippen LogP contribution in [0.1, 0.15) is 24.2 Å². The van der Waals surface area contributed by atoms with E-state index < -0.39 is 5.82 Å². The Bertz CT molecular complexity index is 661. The first kappa shape index (κ1) is 17.3. The van der Waals surface area contributed by atoms with Gasteiger partial charge in [0, 0.05) is 18.3 Å². The highest BCUT2D eigenvalue weighted by Crippen LogP contribution is 2.17. The zero-order valence-electron chi connectivity index (χ0n) is 13.1. The van der Waals surface area contributed by atoms with Gasteiger partial charge in [-0.3, -0.25) is 4.79 Å². The Labute approximate surface area is 140 Å². The van der Waals surface area contributed by atoms with Gasteiger partial charge in [0.1, 0.15) is 5.82 Å². The van der Waals surface area contributed by atoms with Crippen molar-refractivity contribution in [3.63, 3.8) is 0 Å². The Kier molecular flexibility index (Phi) is 5.99. The lowest BCUT2D eigenvalue weighted by Crippen LogP contribution is -2.39. The molecule has 1 unspecified atom stereocenters. The maximum Gasteiger partial charge on any atom is 0.252 e. The SMILES string of the molecule is CC(C)C(CNC(=O)c1ccc(F)cc1Cl)Nc1ccccc1. The molecule has 2 aromatic carbocycles. The second-order valence-corrected chi connectivity index (χ2v) is 6.10. The molecule has 0 fully saturated rings. The molecule has 0 saturated carbocycles. The summed E-state index contributed by atoms with van der Waals surface area (Å²) in [6.07, 6.45) is 0. The number of rotatable bonds is 6. The highest BCUT2D eigenvalue weighted by molar-refractivity contribution is 6.33. The normalized spacial score (nSPS) is 12.0. The summed E-state index contributed by atoms with van der Waals surface area (Å²) >= 11 is 5.92. The van der Waals surface area contributed by atoms with Crippen LogP contribution in [0.4, 0.5) is 10.1 Å². The molecule has 122 valence electrons. The quantitative estimate of drug-likeness (QED) is 0.824. The number of hydrogen-bond donors (Lipinski definition) is 2. The van der Waals surface area contributed by atoms with E-state index in [4.69, 9.17) is 11.6 Å². The molecule has 0 aliphatic carbocycles. The van der Waals surface area contributed by atoms with E-state index in [0.29, 0.717) is 12.5 Å². The molecule has 0 aromatic heterocycles. The van der Waals surface area contributed by atoms with Crippen molar-refractivity contribution in [2.45, 2.75) is 19.9 Å². The van der Waals surface area contributed by atoms with Gasteiger partial charge in [-0.25, -0.2) is 4.39 Å². The lowest BCUT2D eigenvalue weighted by Gasteiger charge is -2.24. The van der Waals surface area contributed by atoms with Crippen LogP contribution in [0, 0.1) is 11.7 Å². The van der Waals surface area contributed by atoms with Crippen molar-refractivity contribution in [2.75, 3.05) is 11.9 Å². The van der Waals surface area contributed by atoms with Gasteiger partial charge in [0.25, 0.3) is 5.91 Å². The van der Waals surface area contributed by atoms with Crippen LogP contribution in [-0.4, -0.2) is 18.5 Å². The van der Waals surface area contributed by atoms with E-state index >= 15 is 0 Å². The maximum atomic E-state index is 13.0. The molecule has 5 heteroatoms. The molecule has 0 aliphatic rings. The summed E-state index contributed by atoms with van der Waals surface area (Å²) in [6.45, 7) is 4.61. The zero-order chi connectivity index (χ0) is 16.8. The first-order chi connectivity index (χ1) is 11.0. The van der Waals surface area contributed by atoms with Crippen LogP contribution in [0.5, 0.6) is 0 Å². The van der Waals surface area contributed by atoms with E-state index in [9.17, 15) is 9.18 Å². The lowest BCUT2D eigenvalue weighted by molar-refractivity contribution is 0.0950. The molecule has 3 nitrogen and oxygen atoms in total. The summed E-state index contributed by atoms with van der Waals surface area (Å²) in [4.78, 5) is 12.2. The average molecular weight is 335 g/mol. The number of benzene rings is 2. The summed E-state index contributed by atoms with van der Waals surface area (Å²) in [6, 6.07) is 13.6. The first-order valence-electron chi connectivity index (χ1n) is 7.52. The van der Waals surface area contributed by atoms with Crippen LogP contribution >= 0.6 is 11.6 Å². The van der Waals surface area contributed by atoms with Gasteiger partial charge in [-0.05, 0) is 36.2 Å². The minimum atomic E-state index is -0.461. The fourth-order valence-electron chi connectivity index (χ4n) is 2.17. The van der Waals surface area contributed by atoms with Crippen LogP contribution < -0.4 is 10.6 Å². The first-order valence-corrected chi connectivity index (χ1v) is 7.90. The van der Waals surface area contributed by atoms with Gasteiger partial charge in [0.05, 0.1) is 10.6 Å². The predicted molar refractivity (Wildman–Crippen MR) is 92.4 cm³/mol. The number of hydrogen-bond acceptors (Lipinski definition) is 2. The summed E-state index contributed by atoms with van der Waals surface area (Å²) < 4.78 is 13.0. The Morgan fingerprint density at radius 3 is 2.48 bits per heavy atom. The van der Waals surface area contributed by atoms with Crippen molar-refractivity contribution in [1.29, 1.82) is 0 Å². The van der Waals surface area contributed by atoms with Crippen molar-refractivity contribution >= 4 is 23.2 Å². The smallest absolute Gasteiger partial charge is 0.252 e. The summed E-state index contributed by atoms with van der Waals surface area (Å²) in [5, 5.41) is 6.36. The Morgan fingerprint density at radius 2 is 1.87 bits per heavy atom. The molecule has 0 spiro atoms. The van der Waals surface area contributed by atoms with Crippen molar-refractivity contribution in [3.8, 4) is 0 Å². The molecule has 0 aliphatic heterocycles. The maximum absolute atomic E-state index is 13.0. The fraction of sp³-hybridized carbons (Fsp3) is 0.278. The highest BCUT2D eigenvalue weighted by Gasteiger charge is 2.16. The van der Waals surface area contributed by atoms with Gasteiger partial charge in [-0.1, -0.05) is 43.6 Å². The number of halogens is 2. The third-order valence-corrected chi connectivity index (χ3v) is 3.90. The molecule has 23 heavy (non-hydrogen) atoms. The van der Waals surface area contributed by atoms with E-state index in [0.717, 1.165) is 11.8 Å². The second-order valence-electron chi connectivity index (χ2n) is 5.70. The lowest BCUT2D eigenvalue weighted by atomic mass is 10.0. The Hall–Kier alpha value is -2.07. The molecule has 0 bridgehead atoms. The van der Waals surface area contributed by atoms with Crippen molar-refractivity contribution in [2.24, 2.45) is 5.92 Å². The second kappa shape index (κ2) is 7.97. The molecule has 2 rings (SSSR count). The zero-order valence-corrected chi connectivity index (χ0v) is 13.9. The van der Waals surface area contributed by atoms with Crippen LogP contribution in [0.25, 0.3) is 0 Å². The molecule has 1 amide bonds. The van der Waals surface area contributed by atoms with Gasteiger partial charge in [0.2, 0.25) is 0 Å². The van der Waals surface area contributed by atoms with Crippen LogP contribution in [-0.2, 0) is 0 Å². The van der Waals surface area contributed by atoms with E-state index in [1.54, 1.807) is 0 Å². The van der Waals surface area contributed by atoms with Crippen molar-refractivity contribution in [1.82, 2.24) is 5.32 Å². The Morgan fingerprint density at radius 1 is 1.17 bits per heavy atom. The fourth-order valence-corrected chi connectivity index (χ4v) is 2.43. The van der Waals surface area contributed by atoms with Crippen LogP contribution in [0.3, 0.4) is 0 Å². The third kappa shape index (κ3) is 4.96. The van der Waals surface area contributed by atoms with Crippen LogP contribution in [0.15, 0.2) is 48.5 Å². The van der Waals surface area contributed by atoms with Crippen molar-refractivity contribution in [3.05, 3.63) is 64.9 Å². The Balaban J connectivity index is 1.99. The largest absolute Gasteiger partial charge is 0.380 e. The number of nitrogens with one attached hydrogen (secondary N) is 2. The third-order valence-electron chi connectivity index (χ3n) is 3.59. The molecule has 0 heterocycles. The van der Waals surface area contributed by atoms with Gasteiger partial charge in [-0.2, -0.15) is 0 Å². The number of para-hydroxylation sites is 1. The van der Waals surface area contributed by atoms with Crippen LogP contribution in [0.2, 0.25) is 5.02 Å². The summed E-state index contributed by atoms with van der Waals surface area (Å²) in [7, 11) is 0. The van der Waals surface area contributed by atoms with Gasteiger partial charge >= 0.3 is 0 Å². The number of carbonyl (C=O) groups is 1. The van der Waals surface area contributed by atoms with E-state index in [-0.39, 0.29) is 22.5 Å². The number of amides is 1. The number of anilines is 1. The molecular weight excluding hydrogens is 315 g/mol. The minimum Gasteiger partial charge on any atom is -0.380 e.